The van der Waals surface area contributed by atoms with E-state index in [1.807, 2.05) is 0 Å². The molecule has 1 aliphatic rings. The Labute approximate surface area is 148 Å². The van der Waals surface area contributed by atoms with Crippen molar-refractivity contribution in [3.05, 3.63) is 53.1 Å². The molecule has 0 saturated carbocycles. The first kappa shape index (κ1) is 16.2. The fraction of sp³-hybridized carbons (Fsp3) is 0.150. The van der Waals surface area contributed by atoms with E-state index in [1.54, 1.807) is 30.3 Å². The third kappa shape index (κ3) is 2.34. The number of carbonyl (C=O) groups is 1. The molecule has 1 aliphatic heterocycles. The lowest BCUT2D eigenvalue weighted by Gasteiger charge is -2.14. The smallest absolute Gasteiger partial charge is 0.338 e. The number of hydrogen-bond acceptors (Lipinski definition) is 6. The molecule has 0 unspecified atom stereocenters. The second-order valence-corrected chi connectivity index (χ2v) is 6.10. The number of phenols is 2. The highest BCUT2D eigenvalue weighted by Gasteiger charge is 2.27. The Hall–Kier alpha value is -3.25. The van der Waals surface area contributed by atoms with E-state index in [2.05, 4.69) is 0 Å². The van der Waals surface area contributed by atoms with Crippen molar-refractivity contribution in [1.82, 2.24) is 0 Å². The molecule has 132 valence electrons. The average Bonchev–Trinajstić information content (AvgIpc) is 3.00. The molecular weight excluding hydrogens is 336 g/mol. The lowest BCUT2D eigenvalue weighted by molar-refractivity contribution is 0.0535. The van der Waals surface area contributed by atoms with Crippen molar-refractivity contribution in [1.29, 1.82) is 0 Å². The fourth-order valence-electron chi connectivity index (χ4n) is 3.37. The van der Waals surface area contributed by atoms with Gasteiger partial charge in [-0.15, -0.1) is 0 Å². The van der Waals surface area contributed by atoms with Crippen LogP contribution in [-0.2, 0) is 18.0 Å². The van der Waals surface area contributed by atoms with E-state index in [0.717, 1.165) is 10.9 Å². The predicted molar refractivity (Wildman–Crippen MR) is 94.3 cm³/mol. The zero-order valence-corrected chi connectivity index (χ0v) is 13.9. The molecule has 0 aliphatic carbocycles. The summed E-state index contributed by atoms with van der Waals surface area (Å²) in [5, 5.41) is 31.0. The molecule has 0 aromatic heterocycles. The SMILES string of the molecule is COc1cc2cc3c(c(-c4ccc(O)c(CO)c4)c2cc1O)COC3=O. The first-order valence-corrected chi connectivity index (χ1v) is 8.00. The van der Waals surface area contributed by atoms with E-state index in [0.29, 0.717) is 33.4 Å². The summed E-state index contributed by atoms with van der Waals surface area (Å²) in [7, 11) is 1.46. The predicted octanol–water partition coefficient (Wildman–Crippen LogP) is 3.09. The van der Waals surface area contributed by atoms with Crippen LogP contribution in [0.3, 0.4) is 0 Å². The van der Waals surface area contributed by atoms with Gasteiger partial charge in [-0.05, 0) is 52.2 Å². The second kappa shape index (κ2) is 5.93. The van der Waals surface area contributed by atoms with Crippen LogP contribution in [0.5, 0.6) is 17.2 Å². The highest BCUT2D eigenvalue weighted by molar-refractivity contribution is 6.07. The number of fused-ring (bicyclic) bond motifs is 2. The standard InChI is InChI=1S/C20H16O6/c1-25-18-6-11-5-14-15(9-26-20(14)24)19(13(11)7-17(18)23)10-2-3-16(22)12(4-10)8-21/h2-7,21-23H,8-9H2,1H3. The van der Waals surface area contributed by atoms with E-state index in [9.17, 15) is 20.1 Å². The van der Waals surface area contributed by atoms with Gasteiger partial charge in [-0.1, -0.05) is 6.07 Å². The summed E-state index contributed by atoms with van der Waals surface area (Å²) in [5.74, 6) is -0.134. The largest absolute Gasteiger partial charge is 0.508 e. The Bertz CT molecular complexity index is 1050. The Morgan fingerprint density at radius 1 is 1.12 bits per heavy atom. The molecule has 4 rings (SSSR count). The molecule has 0 fully saturated rings. The number of methoxy groups -OCH3 is 1. The van der Waals surface area contributed by atoms with Gasteiger partial charge in [0.2, 0.25) is 0 Å². The third-order valence-corrected chi connectivity index (χ3v) is 4.65. The Morgan fingerprint density at radius 3 is 2.65 bits per heavy atom. The first-order chi connectivity index (χ1) is 12.5. The van der Waals surface area contributed by atoms with Crippen molar-refractivity contribution in [3.8, 4) is 28.4 Å². The van der Waals surface area contributed by atoms with Crippen molar-refractivity contribution < 1.29 is 29.6 Å². The first-order valence-electron chi connectivity index (χ1n) is 8.00. The highest BCUT2D eigenvalue weighted by Crippen LogP contribution is 2.42. The number of phenolic OH excluding ortho intramolecular Hbond substituents is 1. The second-order valence-electron chi connectivity index (χ2n) is 6.10. The summed E-state index contributed by atoms with van der Waals surface area (Å²) in [6.07, 6.45) is 0. The lowest BCUT2D eigenvalue weighted by Crippen LogP contribution is -1.97. The van der Waals surface area contributed by atoms with Crippen LogP contribution >= 0.6 is 0 Å². The molecule has 6 nitrogen and oxygen atoms in total. The molecular formula is C20H16O6. The molecule has 0 bridgehead atoms. The van der Waals surface area contributed by atoms with Crippen LogP contribution in [0.1, 0.15) is 21.5 Å². The summed E-state index contributed by atoms with van der Waals surface area (Å²) < 4.78 is 10.4. The lowest BCUT2D eigenvalue weighted by atomic mass is 9.89. The Morgan fingerprint density at radius 2 is 1.92 bits per heavy atom. The molecule has 0 amide bonds. The summed E-state index contributed by atoms with van der Waals surface area (Å²) in [5.41, 5.74) is 2.96. The van der Waals surface area contributed by atoms with Crippen molar-refractivity contribution in [3.63, 3.8) is 0 Å². The molecule has 0 spiro atoms. The van der Waals surface area contributed by atoms with Gasteiger partial charge in [0.25, 0.3) is 0 Å². The van der Waals surface area contributed by atoms with Gasteiger partial charge >= 0.3 is 5.97 Å². The zero-order valence-electron chi connectivity index (χ0n) is 13.9. The van der Waals surface area contributed by atoms with E-state index in [4.69, 9.17) is 9.47 Å². The molecule has 3 aromatic rings. The van der Waals surface area contributed by atoms with Crippen molar-refractivity contribution in [2.24, 2.45) is 0 Å². The van der Waals surface area contributed by atoms with Gasteiger partial charge in [0.15, 0.2) is 11.5 Å². The van der Waals surface area contributed by atoms with Crippen LogP contribution in [0.2, 0.25) is 0 Å². The number of aliphatic hydroxyl groups excluding tert-OH is 1. The molecule has 3 N–H and O–H groups in total. The number of hydrogen-bond donors (Lipinski definition) is 3. The number of rotatable bonds is 3. The van der Waals surface area contributed by atoms with Crippen LogP contribution in [-0.4, -0.2) is 28.4 Å². The minimum atomic E-state index is -0.406. The van der Waals surface area contributed by atoms with Crippen LogP contribution in [0.25, 0.3) is 21.9 Å². The summed E-state index contributed by atoms with van der Waals surface area (Å²) in [6.45, 7) is -0.192. The maximum Gasteiger partial charge on any atom is 0.338 e. The topological polar surface area (TPSA) is 96.2 Å². The molecule has 26 heavy (non-hydrogen) atoms. The minimum Gasteiger partial charge on any atom is -0.508 e. The van der Waals surface area contributed by atoms with Crippen molar-refractivity contribution in [2.45, 2.75) is 13.2 Å². The third-order valence-electron chi connectivity index (χ3n) is 4.65. The number of cyclic esters (lactones) is 1. The maximum absolute atomic E-state index is 12.1. The summed E-state index contributed by atoms with van der Waals surface area (Å²) >= 11 is 0. The molecule has 0 atom stereocenters. The quantitative estimate of drug-likeness (QED) is 0.627. The number of ether oxygens (including phenoxy) is 2. The number of aromatic hydroxyl groups is 2. The minimum absolute atomic E-state index is 0.00928. The number of carbonyl (C=O) groups excluding carboxylic acids is 1. The summed E-state index contributed by atoms with van der Waals surface area (Å²) in [4.78, 5) is 12.1. The molecule has 6 heteroatoms. The number of aliphatic hydroxyl groups is 1. The normalized spacial score (nSPS) is 12.9. The molecule has 1 heterocycles. The molecule has 0 saturated heterocycles. The van der Waals surface area contributed by atoms with Gasteiger partial charge in [0.05, 0.1) is 19.3 Å². The van der Waals surface area contributed by atoms with E-state index >= 15 is 0 Å². The van der Waals surface area contributed by atoms with Crippen molar-refractivity contribution in [2.75, 3.05) is 7.11 Å². The van der Waals surface area contributed by atoms with Crippen LogP contribution in [0.4, 0.5) is 0 Å². The van der Waals surface area contributed by atoms with E-state index in [-0.39, 0.29) is 24.7 Å². The van der Waals surface area contributed by atoms with Crippen molar-refractivity contribution >= 4 is 16.7 Å². The highest BCUT2D eigenvalue weighted by atomic mass is 16.5. The van der Waals surface area contributed by atoms with E-state index < -0.39 is 5.97 Å². The van der Waals surface area contributed by atoms with Gasteiger partial charge in [0, 0.05) is 11.1 Å². The van der Waals surface area contributed by atoms with Crippen LogP contribution < -0.4 is 4.74 Å². The fourth-order valence-corrected chi connectivity index (χ4v) is 3.37. The van der Waals surface area contributed by atoms with Gasteiger partial charge in [-0.2, -0.15) is 0 Å². The monoisotopic (exact) mass is 352 g/mol. The van der Waals surface area contributed by atoms with Crippen LogP contribution in [0.15, 0.2) is 36.4 Å². The van der Waals surface area contributed by atoms with Crippen LogP contribution in [0, 0.1) is 0 Å². The number of benzene rings is 3. The molecule has 0 radical (unpaired) electrons. The Kier molecular flexibility index (Phi) is 3.70. The summed E-state index contributed by atoms with van der Waals surface area (Å²) in [6, 6.07) is 9.82. The average molecular weight is 352 g/mol. The maximum atomic E-state index is 12.1. The van der Waals surface area contributed by atoms with Gasteiger partial charge in [0.1, 0.15) is 12.4 Å². The number of esters is 1. The van der Waals surface area contributed by atoms with Gasteiger partial charge in [-0.25, -0.2) is 4.79 Å². The van der Waals surface area contributed by atoms with E-state index in [1.165, 1.54) is 13.2 Å². The molecule has 3 aromatic carbocycles. The zero-order chi connectivity index (χ0) is 18.4. The Balaban J connectivity index is 2.10. The van der Waals surface area contributed by atoms with Gasteiger partial charge < -0.3 is 24.8 Å². The van der Waals surface area contributed by atoms with Gasteiger partial charge in [-0.3, -0.25) is 0 Å².